The number of aryl methyl sites for hydroxylation is 1. The van der Waals surface area contributed by atoms with Crippen LogP contribution in [0.15, 0.2) is 48.5 Å². The van der Waals surface area contributed by atoms with Crippen LogP contribution >= 0.6 is 7.37 Å². The molecule has 6 rings (SSSR count). The lowest BCUT2D eigenvalue weighted by molar-refractivity contribution is 0.347. The van der Waals surface area contributed by atoms with Crippen molar-refractivity contribution < 1.29 is 9.09 Å². The number of hydrogen-bond donors (Lipinski definition) is 0. The molecule has 0 N–H and O–H groups in total. The van der Waals surface area contributed by atoms with Gasteiger partial charge in [0.25, 0.3) is 7.37 Å². The molecule has 1 atom stereocenters. The van der Waals surface area contributed by atoms with Gasteiger partial charge in [-0.1, -0.05) is 24.3 Å². The summed E-state index contributed by atoms with van der Waals surface area (Å²) in [5, 5.41) is 3.96. The van der Waals surface area contributed by atoms with E-state index in [1.807, 2.05) is 6.92 Å². The summed E-state index contributed by atoms with van der Waals surface area (Å²) in [7, 11) is 0.981. The average Bonchev–Trinajstić information content (AvgIpc) is 3.35. The van der Waals surface area contributed by atoms with E-state index in [9.17, 15) is 4.57 Å². The van der Waals surface area contributed by atoms with E-state index in [0.717, 1.165) is 47.3 Å². The van der Waals surface area contributed by atoms with Gasteiger partial charge in [0, 0.05) is 37.3 Å². The summed E-state index contributed by atoms with van der Waals surface area (Å²) in [5.41, 5.74) is 8.55. The zero-order valence-electron chi connectivity index (χ0n) is 19.8. The van der Waals surface area contributed by atoms with Crippen molar-refractivity contribution >= 4 is 29.2 Å². The van der Waals surface area contributed by atoms with E-state index in [4.69, 9.17) is 4.52 Å². The summed E-state index contributed by atoms with van der Waals surface area (Å²) in [4.78, 5) is 2.27. The van der Waals surface area contributed by atoms with Crippen molar-refractivity contribution in [3.8, 4) is 0 Å². The zero-order chi connectivity index (χ0) is 22.9. The van der Waals surface area contributed by atoms with Crippen LogP contribution in [-0.2, 0) is 21.9 Å². The van der Waals surface area contributed by atoms with Gasteiger partial charge in [-0.05, 0) is 71.5 Å². The van der Waals surface area contributed by atoms with Gasteiger partial charge in [0.2, 0.25) is 5.36 Å². The number of nitrogens with zero attached hydrogens (tertiary/aromatic N) is 2. The topological polar surface area (TPSA) is 32.6 Å². The molecule has 4 nitrogen and oxygen atoms in total. The first-order valence-electron chi connectivity index (χ1n) is 11.9. The average molecular weight is 458 g/mol. The smallest absolute Gasteiger partial charge is 0.262 e. The number of rotatable bonds is 3. The minimum absolute atomic E-state index is 0.412. The van der Waals surface area contributed by atoms with Crippen LogP contribution in [0.3, 0.4) is 0 Å². The van der Waals surface area contributed by atoms with Gasteiger partial charge in [-0.15, -0.1) is 0 Å². The Balaban J connectivity index is 1.83. The molecule has 3 aliphatic heterocycles. The molecule has 0 amide bonds. The lowest BCUT2D eigenvalue weighted by atomic mass is 9.90. The summed E-state index contributed by atoms with van der Waals surface area (Å²) < 4.78 is 23.4. The second kappa shape index (κ2) is 7.41. The lowest BCUT2D eigenvalue weighted by Crippen LogP contribution is -2.42. The molecule has 33 heavy (non-hydrogen) atoms. The van der Waals surface area contributed by atoms with E-state index in [-0.39, 0.29) is 0 Å². The van der Waals surface area contributed by atoms with E-state index in [0.29, 0.717) is 6.61 Å². The van der Waals surface area contributed by atoms with E-state index >= 15 is 0 Å². The fourth-order valence-corrected chi connectivity index (χ4v) is 8.27. The molecule has 0 saturated heterocycles. The van der Waals surface area contributed by atoms with Crippen molar-refractivity contribution in [3.63, 3.8) is 0 Å². The maximum atomic E-state index is 14.9. The molecule has 168 valence electrons. The summed E-state index contributed by atoms with van der Waals surface area (Å²) >= 11 is 0. The highest BCUT2D eigenvalue weighted by atomic mass is 31.2. The van der Waals surface area contributed by atoms with Crippen LogP contribution in [0.4, 0.5) is 5.69 Å². The SMILES string of the molecule is CCOP1(=O)c2cc3c(cc2C(c2ccccc2C)=c2cc4c(cc21)=[N+](C)CC4)CCN3C. The van der Waals surface area contributed by atoms with E-state index in [2.05, 4.69) is 79.0 Å². The minimum atomic E-state index is -3.26. The van der Waals surface area contributed by atoms with Crippen LogP contribution in [0.1, 0.15) is 34.7 Å². The van der Waals surface area contributed by atoms with Gasteiger partial charge in [0.1, 0.15) is 13.6 Å². The van der Waals surface area contributed by atoms with E-state index in [1.54, 1.807) is 0 Å². The molecule has 3 aromatic carbocycles. The Morgan fingerprint density at radius 3 is 2.64 bits per heavy atom. The molecule has 1 unspecified atom stereocenters. The number of benzene rings is 3. The summed E-state index contributed by atoms with van der Waals surface area (Å²) in [6.45, 7) is 6.50. The number of fused-ring (bicyclic) bond motifs is 4. The highest BCUT2D eigenvalue weighted by Gasteiger charge is 2.40. The normalized spacial score (nSPS) is 20.5. The van der Waals surface area contributed by atoms with Gasteiger partial charge in [-0.25, -0.2) is 4.58 Å². The highest BCUT2D eigenvalue weighted by molar-refractivity contribution is 7.74. The lowest BCUT2D eigenvalue weighted by Gasteiger charge is -2.29. The molecular formula is C28H30N2O2P+. The van der Waals surface area contributed by atoms with Crippen molar-refractivity contribution in [2.24, 2.45) is 0 Å². The van der Waals surface area contributed by atoms with E-state index < -0.39 is 7.37 Å². The van der Waals surface area contributed by atoms with Gasteiger partial charge in [0.15, 0.2) is 0 Å². The Morgan fingerprint density at radius 2 is 1.85 bits per heavy atom. The number of hydrogen-bond acceptors (Lipinski definition) is 3. The Morgan fingerprint density at radius 1 is 1.03 bits per heavy atom. The van der Waals surface area contributed by atoms with Crippen LogP contribution < -0.4 is 30.7 Å². The molecule has 3 aliphatic rings. The molecule has 0 fully saturated rings. The number of likely N-dealkylation sites (N-methyl/N-ethyl adjacent to an activating group) is 2. The van der Waals surface area contributed by atoms with Crippen LogP contribution in [0.25, 0.3) is 5.57 Å². The first kappa shape index (κ1) is 20.9. The largest absolute Gasteiger partial charge is 0.374 e. The van der Waals surface area contributed by atoms with Gasteiger partial charge >= 0.3 is 0 Å². The second-order valence-electron chi connectivity index (χ2n) is 9.50. The van der Waals surface area contributed by atoms with Gasteiger partial charge in [0.05, 0.1) is 17.2 Å². The molecule has 5 heteroatoms. The third-order valence-electron chi connectivity index (χ3n) is 7.55. The predicted octanol–water partition coefficient (Wildman–Crippen LogP) is 2.49. The Labute approximate surface area is 195 Å². The fourth-order valence-electron chi connectivity index (χ4n) is 5.80. The highest BCUT2D eigenvalue weighted by Crippen LogP contribution is 2.49. The summed E-state index contributed by atoms with van der Waals surface area (Å²) in [6, 6.07) is 17.5. The zero-order valence-corrected chi connectivity index (χ0v) is 20.7. The minimum Gasteiger partial charge on any atom is -0.374 e. The Kier molecular flexibility index (Phi) is 4.69. The monoisotopic (exact) mass is 457 g/mol. The van der Waals surface area contributed by atoms with Crippen molar-refractivity contribution in [2.75, 3.05) is 38.7 Å². The molecule has 0 saturated carbocycles. The molecule has 0 aliphatic carbocycles. The third-order valence-corrected chi connectivity index (χ3v) is 10.2. The maximum absolute atomic E-state index is 14.9. The number of anilines is 1. The van der Waals surface area contributed by atoms with Crippen molar-refractivity contribution in [1.82, 2.24) is 4.58 Å². The van der Waals surface area contributed by atoms with Crippen LogP contribution in [-0.4, -0.2) is 33.8 Å². The molecule has 3 heterocycles. The maximum Gasteiger partial charge on any atom is 0.262 e. The Bertz CT molecular complexity index is 1510. The van der Waals surface area contributed by atoms with Gasteiger partial charge < -0.3 is 9.42 Å². The van der Waals surface area contributed by atoms with Crippen LogP contribution in [0, 0.1) is 6.92 Å². The molecule has 0 radical (unpaired) electrons. The standard InChI is InChI=1S/C28H30N2O2P/c1-5-32-33(31)26-16-24-19(10-12-29(24)3)14-22(26)28(21-9-7-6-8-18(21)2)23-15-20-11-13-30(4)25(20)17-27(23)33/h6-9,14-17H,5,10-13H2,1-4H3/q+1. The summed E-state index contributed by atoms with van der Waals surface area (Å²) in [6.07, 6.45) is 2.03. The quantitative estimate of drug-likeness (QED) is 0.448. The predicted molar refractivity (Wildman–Crippen MR) is 136 cm³/mol. The van der Waals surface area contributed by atoms with Gasteiger partial charge in [-0.2, -0.15) is 0 Å². The van der Waals surface area contributed by atoms with Crippen molar-refractivity contribution in [1.29, 1.82) is 0 Å². The van der Waals surface area contributed by atoms with E-state index in [1.165, 1.54) is 38.9 Å². The van der Waals surface area contributed by atoms with Crippen molar-refractivity contribution in [2.45, 2.75) is 26.7 Å². The van der Waals surface area contributed by atoms with Crippen LogP contribution in [0.2, 0.25) is 0 Å². The fraction of sp³-hybridized carbons (Fsp3) is 0.321. The summed E-state index contributed by atoms with van der Waals surface area (Å²) in [5.74, 6) is 0. The van der Waals surface area contributed by atoms with Crippen molar-refractivity contribution in [3.05, 3.63) is 86.9 Å². The molecular weight excluding hydrogens is 427 g/mol. The van der Waals surface area contributed by atoms with Gasteiger partial charge in [-0.3, -0.25) is 4.57 Å². The van der Waals surface area contributed by atoms with Crippen LogP contribution in [0.5, 0.6) is 0 Å². The molecule has 0 bridgehead atoms. The first-order valence-corrected chi connectivity index (χ1v) is 13.5. The molecule has 0 spiro atoms. The second-order valence-corrected chi connectivity index (χ2v) is 11.8. The first-order chi connectivity index (χ1) is 15.9. The molecule has 0 aromatic heterocycles. The third kappa shape index (κ3) is 2.94. The molecule has 3 aromatic rings. The Hall–Kier alpha value is -2.68.